The molecule has 43 heavy (non-hydrogen) atoms. The maximum atomic E-state index is 14.0. The Labute approximate surface area is 249 Å². The molecular weight excluding hydrogens is 560 g/mol. The quantitative estimate of drug-likeness (QED) is 0.378. The summed E-state index contributed by atoms with van der Waals surface area (Å²) in [6.07, 6.45) is -2.33. The summed E-state index contributed by atoms with van der Waals surface area (Å²) in [7, 11) is 0. The molecule has 1 saturated carbocycles. The second-order valence-electron chi connectivity index (χ2n) is 13.7. The van der Waals surface area contributed by atoms with E-state index in [2.05, 4.69) is 0 Å². The summed E-state index contributed by atoms with van der Waals surface area (Å²) in [5.41, 5.74) is -1.81. The number of aliphatic hydroxyl groups excluding tert-OH is 2. The van der Waals surface area contributed by atoms with Gasteiger partial charge in [0.05, 0.1) is 31.5 Å². The molecular formula is C32H40O11. The Bertz CT molecular complexity index is 1380. The average molecular weight is 601 g/mol. The highest BCUT2D eigenvalue weighted by atomic mass is 16.6. The van der Waals surface area contributed by atoms with E-state index < -0.39 is 94.3 Å². The molecule has 0 spiro atoms. The summed E-state index contributed by atoms with van der Waals surface area (Å²) in [5, 5.41) is 22.3. The molecule has 1 aromatic rings. The number of ketones is 1. The van der Waals surface area contributed by atoms with Gasteiger partial charge in [-0.3, -0.25) is 14.4 Å². The Balaban J connectivity index is 1.56. The van der Waals surface area contributed by atoms with Crippen molar-refractivity contribution >= 4 is 23.7 Å². The number of rotatable bonds is 5. The maximum Gasteiger partial charge on any atom is 0.335 e. The van der Waals surface area contributed by atoms with Gasteiger partial charge in [-0.05, 0) is 31.4 Å². The second kappa shape index (κ2) is 10.0. The number of carbonyl (C=O) groups excluding carboxylic acids is 4. The van der Waals surface area contributed by atoms with E-state index in [4.69, 9.17) is 23.4 Å². The number of furan rings is 1. The fraction of sp³-hybridized carbons (Fsp3) is 0.688. The van der Waals surface area contributed by atoms with E-state index in [-0.39, 0.29) is 19.4 Å². The molecule has 11 nitrogen and oxygen atoms in total. The summed E-state index contributed by atoms with van der Waals surface area (Å²) >= 11 is 0. The number of cyclic esters (lactones) is 1. The Morgan fingerprint density at radius 2 is 1.86 bits per heavy atom. The lowest BCUT2D eigenvalue weighted by molar-refractivity contribution is -0.198. The third kappa shape index (κ3) is 4.03. The number of carbonyl (C=O) groups is 4. The van der Waals surface area contributed by atoms with Crippen LogP contribution in [0.15, 0.2) is 34.2 Å². The summed E-state index contributed by atoms with van der Waals surface area (Å²) in [5.74, 6) is -4.65. The van der Waals surface area contributed by atoms with Crippen LogP contribution in [-0.2, 0) is 38.1 Å². The first kappa shape index (κ1) is 30.0. The standard InChI is InChI=1S/C32H40O11/c1-7-14(2)24(35)29(38)42-28-27-22(15(3)21-25(36)26(37)23(32(21,28)6)16-8-9-39-12-16)31(5)17-10-19(33)40-13-30(17,4)43-20(34)11-18(31)41-27/h8-9,12,14,17-18,22-24,26-28,35,37H,7,10-11,13H2,1-6H3. The molecule has 12 atom stereocenters. The third-order valence-electron chi connectivity index (χ3n) is 11.4. The fourth-order valence-corrected chi connectivity index (χ4v) is 9.14. The number of hydrogen-bond donors (Lipinski definition) is 2. The molecule has 2 N–H and O–H groups in total. The molecule has 1 aromatic heterocycles. The van der Waals surface area contributed by atoms with Crippen molar-refractivity contribution in [3.05, 3.63) is 35.3 Å². The van der Waals surface area contributed by atoms with Crippen LogP contribution >= 0.6 is 0 Å². The van der Waals surface area contributed by atoms with Gasteiger partial charge in [-0.1, -0.05) is 39.7 Å². The monoisotopic (exact) mass is 600 g/mol. The minimum absolute atomic E-state index is 0.0331. The van der Waals surface area contributed by atoms with Crippen molar-refractivity contribution < 1.29 is 52.8 Å². The molecule has 11 heteroatoms. The summed E-state index contributed by atoms with van der Waals surface area (Å²) in [4.78, 5) is 53.4. The zero-order valence-corrected chi connectivity index (χ0v) is 25.3. The van der Waals surface area contributed by atoms with Gasteiger partial charge in [-0.25, -0.2) is 4.79 Å². The SMILES string of the molecule is CCC(C)C(O)C(=O)OC1C2OC3CC(=O)OC4(C)COC(=O)CC4C3(C)C2C(C)=C2C(=O)C(O)C(c3ccoc3)C21C. The van der Waals surface area contributed by atoms with Gasteiger partial charge >= 0.3 is 17.9 Å². The molecule has 2 aliphatic carbocycles. The minimum Gasteiger partial charge on any atom is -0.472 e. The highest BCUT2D eigenvalue weighted by molar-refractivity contribution is 6.05. The molecule has 0 radical (unpaired) electrons. The lowest BCUT2D eigenvalue weighted by Gasteiger charge is -2.53. The van der Waals surface area contributed by atoms with E-state index in [1.54, 1.807) is 26.8 Å². The van der Waals surface area contributed by atoms with Crippen LogP contribution in [0.5, 0.6) is 0 Å². The van der Waals surface area contributed by atoms with Gasteiger partial charge in [0.25, 0.3) is 0 Å². The van der Waals surface area contributed by atoms with Crippen molar-refractivity contribution in [2.45, 2.75) is 103 Å². The maximum absolute atomic E-state index is 14.0. The molecule has 0 aromatic carbocycles. The number of esters is 3. The minimum atomic E-state index is -1.45. The van der Waals surface area contributed by atoms with E-state index in [0.717, 1.165) is 0 Å². The Morgan fingerprint density at radius 3 is 2.51 bits per heavy atom. The van der Waals surface area contributed by atoms with E-state index in [0.29, 0.717) is 23.1 Å². The predicted octanol–water partition coefficient (Wildman–Crippen LogP) is 2.62. The van der Waals surface area contributed by atoms with Crippen molar-refractivity contribution in [1.82, 2.24) is 0 Å². The highest BCUT2D eigenvalue weighted by Crippen LogP contribution is 2.68. The van der Waals surface area contributed by atoms with Gasteiger partial charge in [0, 0.05) is 34.2 Å². The van der Waals surface area contributed by atoms with Crippen molar-refractivity contribution in [2.24, 2.45) is 28.6 Å². The molecule has 0 bridgehead atoms. The molecule has 3 saturated heterocycles. The van der Waals surface area contributed by atoms with Crippen molar-refractivity contribution in [1.29, 1.82) is 0 Å². The molecule has 4 fully saturated rings. The van der Waals surface area contributed by atoms with Gasteiger partial charge in [-0.2, -0.15) is 0 Å². The number of Topliss-reactive ketones (excluding diaryl/α,β-unsaturated/α-hetero) is 1. The van der Waals surface area contributed by atoms with Crippen molar-refractivity contribution in [2.75, 3.05) is 6.61 Å². The Morgan fingerprint density at radius 1 is 1.14 bits per heavy atom. The smallest absolute Gasteiger partial charge is 0.335 e. The van der Waals surface area contributed by atoms with E-state index >= 15 is 0 Å². The van der Waals surface area contributed by atoms with Crippen LogP contribution in [0.25, 0.3) is 0 Å². The number of hydrogen-bond acceptors (Lipinski definition) is 11. The van der Waals surface area contributed by atoms with Crippen molar-refractivity contribution in [3.63, 3.8) is 0 Å². The molecule has 3 aliphatic heterocycles. The topological polar surface area (TPSA) is 159 Å². The molecule has 4 heterocycles. The van der Waals surface area contributed by atoms with E-state index in [9.17, 15) is 29.4 Å². The van der Waals surface area contributed by atoms with Gasteiger partial charge < -0.3 is 33.6 Å². The molecule has 12 unspecified atom stereocenters. The highest BCUT2D eigenvalue weighted by Gasteiger charge is 2.74. The number of aliphatic hydroxyl groups is 2. The Hall–Kier alpha value is -3.02. The predicted molar refractivity (Wildman–Crippen MR) is 147 cm³/mol. The summed E-state index contributed by atoms with van der Waals surface area (Å²) < 4.78 is 29.6. The van der Waals surface area contributed by atoms with Gasteiger partial charge in [-0.15, -0.1) is 0 Å². The van der Waals surface area contributed by atoms with Crippen LogP contribution in [0, 0.1) is 28.6 Å². The first-order valence-electron chi connectivity index (χ1n) is 15.1. The van der Waals surface area contributed by atoms with Crippen LogP contribution in [0.1, 0.15) is 72.3 Å². The fourth-order valence-electron chi connectivity index (χ4n) is 9.14. The second-order valence-corrected chi connectivity index (χ2v) is 13.7. The lowest BCUT2D eigenvalue weighted by atomic mass is 9.52. The van der Waals surface area contributed by atoms with Crippen LogP contribution < -0.4 is 0 Å². The largest absolute Gasteiger partial charge is 0.472 e. The zero-order valence-electron chi connectivity index (χ0n) is 25.3. The van der Waals surface area contributed by atoms with Crippen LogP contribution in [-0.4, -0.2) is 76.6 Å². The molecule has 6 rings (SSSR count). The van der Waals surface area contributed by atoms with Crippen LogP contribution in [0.2, 0.25) is 0 Å². The van der Waals surface area contributed by atoms with Gasteiger partial charge in [0.15, 0.2) is 11.9 Å². The normalized spacial score (nSPS) is 43.4. The van der Waals surface area contributed by atoms with Crippen LogP contribution in [0.4, 0.5) is 0 Å². The summed E-state index contributed by atoms with van der Waals surface area (Å²) in [6, 6.07) is 1.67. The number of ether oxygens (including phenoxy) is 4. The van der Waals surface area contributed by atoms with Gasteiger partial charge in [0.2, 0.25) is 0 Å². The average Bonchev–Trinajstić information content (AvgIpc) is 3.61. The Kier molecular flexibility index (Phi) is 6.98. The third-order valence-corrected chi connectivity index (χ3v) is 11.4. The van der Waals surface area contributed by atoms with E-state index in [1.807, 2.05) is 20.8 Å². The number of fused-ring (bicyclic) bond motifs is 6. The van der Waals surface area contributed by atoms with Crippen molar-refractivity contribution in [3.8, 4) is 0 Å². The molecule has 234 valence electrons. The first-order valence-corrected chi connectivity index (χ1v) is 15.1. The molecule has 5 aliphatic rings. The van der Waals surface area contributed by atoms with Crippen LogP contribution in [0.3, 0.4) is 0 Å². The first-order chi connectivity index (χ1) is 20.2. The molecule has 0 amide bonds. The lowest BCUT2D eigenvalue weighted by Crippen LogP contribution is -2.59. The zero-order chi connectivity index (χ0) is 31.2. The summed E-state index contributed by atoms with van der Waals surface area (Å²) in [6.45, 7) is 10.8. The van der Waals surface area contributed by atoms with E-state index in [1.165, 1.54) is 12.5 Å². The van der Waals surface area contributed by atoms with Gasteiger partial charge in [0.1, 0.15) is 30.5 Å².